The first-order chi connectivity index (χ1) is 9.97. The summed E-state index contributed by atoms with van der Waals surface area (Å²) in [5.74, 6) is -0.103. The van der Waals surface area contributed by atoms with Crippen molar-refractivity contribution in [2.75, 3.05) is 24.5 Å². The highest BCUT2D eigenvalue weighted by Crippen LogP contribution is 2.29. The topological polar surface area (TPSA) is 40.6 Å². The van der Waals surface area contributed by atoms with Crippen LogP contribution in [0.1, 0.15) is 25.8 Å². The average molecular weight is 353 g/mol. The molecule has 0 aliphatic carbocycles. The zero-order valence-corrected chi connectivity index (χ0v) is 14.3. The molecular formula is C16H21BrN2O2. The molecule has 0 saturated carbocycles. The van der Waals surface area contributed by atoms with Crippen molar-refractivity contribution in [2.24, 2.45) is 5.92 Å². The van der Waals surface area contributed by atoms with Gasteiger partial charge in [-0.2, -0.15) is 0 Å². The van der Waals surface area contributed by atoms with Crippen molar-refractivity contribution >= 4 is 33.4 Å². The molecule has 1 aliphatic rings. The second-order valence-electron chi connectivity index (χ2n) is 5.35. The van der Waals surface area contributed by atoms with Crippen LogP contribution in [0.5, 0.6) is 0 Å². The standard InChI is InChI=1S/C16H21BrN2O2/c1-4-18(5-2)16(21)12-9-15(20)19(10-12)13-6-7-14(17)11(3)8-13/h6-8,12H,4-5,9-10H2,1-3H3. The van der Waals surface area contributed by atoms with Crippen molar-refractivity contribution in [2.45, 2.75) is 27.2 Å². The van der Waals surface area contributed by atoms with Gasteiger partial charge in [-0.25, -0.2) is 0 Å². The molecule has 1 heterocycles. The molecule has 1 atom stereocenters. The molecule has 1 unspecified atom stereocenters. The number of hydrogen-bond acceptors (Lipinski definition) is 2. The summed E-state index contributed by atoms with van der Waals surface area (Å²) in [5.41, 5.74) is 1.95. The highest BCUT2D eigenvalue weighted by atomic mass is 79.9. The zero-order valence-electron chi connectivity index (χ0n) is 12.7. The molecule has 21 heavy (non-hydrogen) atoms. The van der Waals surface area contributed by atoms with Crippen LogP contribution in [0.4, 0.5) is 5.69 Å². The van der Waals surface area contributed by atoms with Gasteiger partial charge in [0.05, 0.1) is 5.92 Å². The van der Waals surface area contributed by atoms with Crippen LogP contribution in [-0.4, -0.2) is 36.3 Å². The molecule has 0 bridgehead atoms. The molecule has 5 heteroatoms. The van der Waals surface area contributed by atoms with Crippen LogP contribution >= 0.6 is 15.9 Å². The van der Waals surface area contributed by atoms with E-state index in [1.54, 1.807) is 9.80 Å². The minimum atomic E-state index is -0.221. The lowest BCUT2D eigenvalue weighted by molar-refractivity contribution is -0.135. The van der Waals surface area contributed by atoms with Gasteiger partial charge in [-0.15, -0.1) is 0 Å². The van der Waals surface area contributed by atoms with E-state index in [9.17, 15) is 9.59 Å². The van der Waals surface area contributed by atoms with Gasteiger partial charge in [-0.1, -0.05) is 15.9 Å². The Balaban J connectivity index is 2.16. The first kappa shape index (κ1) is 16.0. The Morgan fingerprint density at radius 1 is 1.38 bits per heavy atom. The van der Waals surface area contributed by atoms with Crippen LogP contribution in [0.2, 0.25) is 0 Å². The maximum atomic E-state index is 12.4. The summed E-state index contributed by atoms with van der Waals surface area (Å²) in [5, 5.41) is 0. The monoisotopic (exact) mass is 352 g/mol. The smallest absolute Gasteiger partial charge is 0.227 e. The fourth-order valence-corrected chi connectivity index (χ4v) is 2.96. The molecule has 0 N–H and O–H groups in total. The lowest BCUT2D eigenvalue weighted by Gasteiger charge is -2.23. The van der Waals surface area contributed by atoms with E-state index in [1.165, 1.54) is 0 Å². The van der Waals surface area contributed by atoms with Gasteiger partial charge in [0.1, 0.15) is 0 Å². The van der Waals surface area contributed by atoms with Gasteiger partial charge in [-0.05, 0) is 44.5 Å². The van der Waals surface area contributed by atoms with Crippen LogP contribution in [0.15, 0.2) is 22.7 Å². The summed E-state index contributed by atoms with van der Waals surface area (Å²) in [7, 11) is 0. The summed E-state index contributed by atoms with van der Waals surface area (Å²) in [6.45, 7) is 7.79. The maximum Gasteiger partial charge on any atom is 0.227 e. The molecule has 114 valence electrons. The number of nitrogens with zero attached hydrogens (tertiary/aromatic N) is 2. The predicted molar refractivity (Wildman–Crippen MR) is 87.3 cm³/mol. The number of halogens is 1. The van der Waals surface area contributed by atoms with Gasteiger partial charge in [0.15, 0.2) is 0 Å². The second kappa shape index (κ2) is 6.60. The van der Waals surface area contributed by atoms with E-state index in [0.29, 0.717) is 26.1 Å². The SMILES string of the molecule is CCN(CC)C(=O)C1CC(=O)N(c2ccc(Br)c(C)c2)C1. The fraction of sp³-hybridized carbons (Fsp3) is 0.500. The van der Waals surface area contributed by atoms with E-state index in [4.69, 9.17) is 0 Å². The quantitative estimate of drug-likeness (QED) is 0.835. The van der Waals surface area contributed by atoms with Gasteiger partial charge < -0.3 is 9.80 Å². The van der Waals surface area contributed by atoms with E-state index in [0.717, 1.165) is 15.7 Å². The molecular weight excluding hydrogens is 332 g/mol. The highest BCUT2D eigenvalue weighted by Gasteiger charge is 2.36. The van der Waals surface area contributed by atoms with Crippen LogP contribution < -0.4 is 4.90 Å². The van der Waals surface area contributed by atoms with Gasteiger partial charge in [-0.3, -0.25) is 9.59 Å². The number of aryl methyl sites for hydroxylation is 1. The molecule has 1 aromatic carbocycles. The van der Waals surface area contributed by atoms with E-state index < -0.39 is 0 Å². The highest BCUT2D eigenvalue weighted by molar-refractivity contribution is 9.10. The number of rotatable bonds is 4. The Morgan fingerprint density at radius 2 is 2.05 bits per heavy atom. The van der Waals surface area contributed by atoms with Crippen molar-refractivity contribution in [3.8, 4) is 0 Å². The summed E-state index contributed by atoms with van der Waals surface area (Å²) >= 11 is 3.46. The number of benzene rings is 1. The molecule has 2 amide bonds. The zero-order chi connectivity index (χ0) is 15.6. The summed E-state index contributed by atoms with van der Waals surface area (Å²) in [6, 6.07) is 5.84. The third kappa shape index (κ3) is 3.28. The molecule has 1 aliphatic heterocycles. The lowest BCUT2D eigenvalue weighted by atomic mass is 10.1. The third-order valence-corrected chi connectivity index (χ3v) is 4.89. The fourth-order valence-electron chi connectivity index (χ4n) is 2.71. The Morgan fingerprint density at radius 3 is 2.62 bits per heavy atom. The number of anilines is 1. The summed E-state index contributed by atoms with van der Waals surface area (Å²) in [4.78, 5) is 28.1. The van der Waals surface area contributed by atoms with Gasteiger partial charge in [0.25, 0.3) is 0 Å². The van der Waals surface area contributed by atoms with Crippen molar-refractivity contribution in [3.05, 3.63) is 28.2 Å². The number of carbonyl (C=O) groups excluding carboxylic acids is 2. The Bertz CT molecular complexity index is 555. The van der Waals surface area contributed by atoms with Crippen molar-refractivity contribution in [1.29, 1.82) is 0 Å². The molecule has 4 nitrogen and oxygen atoms in total. The first-order valence-electron chi connectivity index (χ1n) is 7.33. The second-order valence-corrected chi connectivity index (χ2v) is 6.20. The predicted octanol–water partition coefficient (Wildman–Crippen LogP) is 2.98. The molecule has 1 aromatic rings. The molecule has 0 aromatic heterocycles. The Hall–Kier alpha value is -1.36. The van der Waals surface area contributed by atoms with E-state index in [-0.39, 0.29) is 17.7 Å². The minimum Gasteiger partial charge on any atom is -0.343 e. The van der Waals surface area contributed by atoms with Crippen LogP contribution in [0, 0.1) is 12.8 Å². The normalized spacial score (nSPS) is 18.2. The van der Waals surface area contributed by atoms with Crippen LogP contribution in [0.25, 0.3) is 0 Å². The van der Waals surface area contributed by atoms with Gasteiger partial charge in [0, 0.05) is 36.2 Å². The third-order valence-electron chi connectivity index (χ3n) is 4.00. The first-order valence-corrected chi connectivity index (χ1v) is 8.12. The summed E-state index contributed by atoms with van der Waals surface area (Å²) in [6.07, 6.45) is 0.310. The average Bonchev–Trinajstić information content (AvgIpc) is 2.85. The molecule has 1 fully saturated rings. The van der Waals surface area contributed by atoms with Gasteiger partial charge in [0.2, 0.25) is 11.8 Å². The van der Waals surface area contributed by atoms with E-state index in [2.05, 4.69) is 15.9 Å². The van der Waals surface area contributed by atoms with Crippen LogP contribution in [-0.2, 0) is 9.59 Å². The van der Waals surface area contributed by atoms with E-state index in [1.807, 2.05) is 39.0 Å². The maximum absolute atomic E-state index is 12.4. The Labute approximate surface area is 134 Å². The van der Waals surface area contributed by atoms with Crippen molar-refractivity contribution in [1.82, 2.24) is 4.90 Å². The largest absolute Gasteiger partial charge is 0.343 e. The Kier molecular flexibility index (Phi) is 5.04. The lowest BCUT2D eigenvalue weighted by Crippen LogP contribution is -2.37. The summed E-state index contributed by atoms with van der Waals surface area (Å²) < 4.78 is 1.02. The number of hydrogen-bond donors (Lipinski definition) is 0. The van der Waals surface area contributed by atoms with Crippen molar-refractivity contribution < 1.29 is 9.59 Å². The van der Waals surface area contributed by atoms with Gasteiger partial charge >= 0.3 is 0 Å². The minimum absolute atomic E-state index is 0.0298. The molecule has 0 spiro atoms. The van der Waals surface area contributed by atoms with Crippen LogP contribution in [0.3, 0.4) is 0 Å². The molecule has 1 saturated heterocycles. The van der Waals surface area contributed by atoms with Crippen molar-refractivity contribution in [3.63, 3.8) is 0 Å². The van der Waals surface area contributed by atoms with E-state index >= 15 is 0 Å². The number of carbonyl (C=O) groups is 2. The number of amides is 2. The molecule has 0 radical (unpaired) electrons. The molecule has 2 rings (SSSR count).